The second-order valence-corrected chi connectivity index (χ2v) is 7.96. The topological polar surface area (TPSA) is 42.9 Å². The van der Waals surface area contributed by atoms with Crippen molar-refractivity contribution in [1.82, 2.24) is 19.7 Å². The minimum atomic E-state index is -0.0460. The van der Waals surface area contributed by atoms with E-state index in [0.717, 1.165) is 64.6 Å². The van der Waals surface area contributed by atoms with E-state index in [-0.39, 0.29) is 11.9 Å². The molecule has 154 valence electrons. The third-order valence-electron chi connectivity index (χ3n) is 6.14. The molecule has 2 aromatic rings. The van der Waals surface area contributed by atoms with Crippen molar-refractivity contribution >= 4 is 11.6 Å². The van der Waals surface area contributed by atoms with Gasteiger partial charge in [-0.05, 0) is 31.2 Å². The molecular formula is C23H31N5O. The first-order valence-electron chi connectivity index (χ1n) is 10.7. The minimum absolute atomic E-state index is 0.0460. The molecule has 0 spiro atoms. The van der Waals surface area contributed by atoms with Crippen LogP contribution in [0.5, 0.6) is 0 Å². The van der Waals surface area contributed by atoms with Crippen LogP contribution in [0, 0.1) is 0 Å². The number of rotatable bonds is 5. The standard InChI is InChI=1S/C23H31N5O/c1-20(26-13-11-25(12-14-26)19-21-7-5-6-10-24-21)23(29)28-17-15-27(16-18-28)22-8-3-2-4-9-22/h2-10,20H,11-19H2,1H3. The number of hydrogen-bond donors (Lipinski definition) is 0. The number of para-hydroxylation sites is 1. The molecule has 1 atom stereocenters. The van der Waals surface area contributed by atoms with Crippen LogP contribution in [0.4, 0.5) is 5.69 Å². The Hall–Kier alpha value is -2.44. The summed E-state index contributed by atoms with van der Waals surface area (Å²) in [6, 6.07) is 16.5. The summed E-state index contributed by atoms with van der Waals surface area (Å²) in [5, 5.41) is 0. The number of amides is 1. The van der Waals surface area contributed by atoms with Gasteiger partial charge >= 0.3 is 0 Å². The van der Waals surface area contributed by atoms with Crippen molar-refractivity contribution in [2.45, 2.75) is 19.5 Å². The van der Waals surface area contributed by atoms with Crippen molar-refractivity contribution in [2.24, 2.45) is 0 Å². The summed E-state index contributed by atoms with van der Waals surface area (Å²) in [7, 11) is 0. The Morgan fingerprint density at radius 2 is 1.59 bits per heavy atom. The van der Waals surface area contributed by atoms with E-state index in [4.69, 9.17) is 0 Å². The summed E-state index contributed by atoms with van der Waals surface area (Å²) in [6.45, 7) is 10.2. The lowest BCUT2D eigenvalue weighted by Gasteiger charge is -2.41. The van der Waals surface area contributed by atoms with Crippen LogP contribution in [0.25, 0.3) is 0 Å². The Morgan fingerprint density at radius 3 is 2.24 bits per heavy atom. The highest BCUT2D eigenvalue weighted by atomic mass is 16.2. The zero-order valence-corrected chi connectivity index (χ0v) is 17.3. The summed E-state index contributed by atoms with van der Waals surface area (Å²) in [4.78, 5) is 26.7. The number of aromatic nitrogens is 1. The Balaban J connectivity index is 1.24. The Bertz CT molecular complexity index is 768. The van der Waals surface area contributed by atoms with Gasteiger partial charge in [-0.25, -0.2) is 0 Å². The van der Waals surface area contributed by atoms with E-state index in [9.17, 15) is 4.79 Å². The van der Waals surface area contributed by atoms with Gasteiger partial charge in [0.2, 0.25) is 5.91 Å². The Labute approximate surface area is 173 Å². The lowest BCUT2D eigenvalue weighted by atomic mass is 10.1. The zero-order valence-electron chi connectivity index (χ0n) is 17.3. The predicted octanol–water partition coefficient (Wildman–Crippen LogP) is 1.94. The molecule has 1 aromatic carbocycles. The maximum absolute atomic E-state index is 13.1. The van der Waals surface area contributed by atoms with E-state index < -0.39 is 0 Å². The Kier molecular flexibility index (Phi) is 6.42. The van der Waals surface area contributed by atoms with Crippen LogP contribution in [0.15, 0.2) is 54.7 Å². The van der Waals surface area contributed by atoms with Gasteiger partial charge in [0.25, 0.3) is 0 Å². The largest absolute Gasteiger partial charge is 0.368 e. The molecule has 0 aliphatic carbocycles. The molecule has 0 N–H and O–H groups in total. The molecule has 4 rings (SSSR count). The van der Waals surface area contributed by atoms with Crippen molar-refractivity contribution in [3.8, 4) is 0 Å². The average molecular weight is 394 g/mol. The second-order valence-electron chi connectivity index (χ2n) is 7.96. The molecular weight excluding hydrogens is 362 g/mol. The van der Waals surface area contributed by atoms with Gasteiger partial charge in [0, 0.05) is 70.8 Å². The van der Waals surface area contributed by atoms with Crippen LogP contribution in [-0.4, -0.2) is 84.0 Å². The quantitative estimate of drug-likeness (QED) is 0.777. The van der Waals surface area contributed by atoms with Crippen LogP contribution in [0.3, 0.4) is 0 Å². The highest BCUT2D eigenvalue weighted by Gasteiger charge is 2.30. The van der Waals surface area contributed by atoms with Crippen molar-refractivity contribution in [2.75, 3.05) is 57.3 Å². The second kappa shape index (κ2) is 9.37. The van der Waals surface area contributed by atoms with Crippen molar-refractivity contribution in [1.29, 1.82) is 0 Å². The third-order valence-corrected chi connectivity index (χ3v) is 6.14. The molecule has 6 heteroatoms. The van der Waals surface area contributed by atoms with Crippen LogP contribution in [0.2, 0.25) is 0 Å². The fourth-order valence-electron chi connectivity index (χ4n) is 4.27. The van der Waals surface area contributed by atoms with Gasteiger partial charge in [0.1, 0.15) is 0 Å². The van der Waals surface area contributed by atoms with Crippen molar-refractivity contribution in [3.05, 3.63) is 60.4 Å². The number of pyridine rings is 1. The molecule has 1 aromatic heterocycles. The van der Waals surface area contributed by atoms with E-state index in [1.165, 1.54) is 5.69 Å². The monoisotopic (exact) mass is 393 g/mol. The summed E-state index contributed by atoms with van der Waals surface area (Å²) in [5.41, 5.74) is 2.36. The fraction of sp³-hybridized carbons (Fsp3) is 0.478. The SMILES string of the molecule is CC(C(=O)N1CCN(c2ccccc2)CC1)N1CCN(Cc2ccccn2)CC1. The first-order chi connectivity index (χ1) is 14.2. The summed E-state index contributed by atoms with van der Waals surface area (Å²) < 4.78 is 0. The number of piperazine rings is 2. The third kappa shape index (κ3) is 4.95. The molecule has 1 unspecified atom stereocenters. The number of benzene rings is 1. The summed E-state index contributed by atoms with van der Waals surface area (Å²) >= 11 is 0. The lowest BCUT2D eigenvalue weighted by molar-refractivity contribution is -0.137. The van der Waals surface area contributed by atoms with Crippen molar-refractivity contribution in [3.63, 3.8) is 0 Å². The van der Waals surface area contributed by atoms with E-state index in [1.807, 2.05) is 29.3 Å². The summed E-state index contributed by atoms with van der Waals surface area (Å²) in [6.07, 6.45) is 1.85. The molecule has 6 nitrogen and oxygen atoms in total. The van der Waals surface area contributed by atoms with Crippen LogP contribution < -0.4 is 4.90 Å². The van der Waals surface area contributed by atoms with Gasteiger partial charge < -0.3 is 9.80 Å². The normalized spacial score (nSPS) is 19.9. The number of anilines is 1. The first kappa shape index (κ1) is 19.9. The first-order valence-corrected chi connectivity index (χ1v) is 10.7. The van der Waals surface area contributed by atoms with E-state index in [0.29, 0.717) is 0 Å². The predicted molar refractivity (Wildman–Crippen MR) is 116 cm³/mol. The van der Waals surface area contributed by atoms with Gasteiger partial charge in [-0.1, -0.05) is 24.3 Å². The molecule has 0 bridgehead atoms. The maximum Gasteiger partial charge on any atom is 0.239 e. The molecule has 2 aliphatic rings. The Morgan fingerprint density at radius 1 is 0.897 bits per heavy atom. The van der Waals surface area contributed by atoms with Crippen LogP contribution >= 0.6 is 0 Å². The number of carbonyl (C=O) groups is 1. The average Bonchev–Trinajstić information content (AvgIpc) is 2.80. The van der Waals surface area contributed by atoms with Crippen LogP contribution in [-0.2, 0) is 11.3 Å². The number of carbonyl (C=O) groups excluding carboxylic acids is 1. The van der Waals surface area contributed by atoms with Gasteiger partial charge in [-0.3, -0.25) is 19.6 Å². The lowest BCUT2D eigenvalue weighted by Crippen LogP contribution is -2.57. The molecule has 29 heavy (non-hydrogen) atoms. The van der Waals surface area contributed by atoms with E-state index >= 15 is 0 Å². The number of hydrogen-bond acceptors (Lipinski definition) is 5. The fourth-order valence-corrected chi connectivity index (χ4v) is 4.27. The van der Waals surface area contributed by atoms with Crippen LogP contribution in [0.1, 0.15) is 12.6 Å². The molecule has 2 aliphatic heterocycles. The summed E-state index contributed by atoms with van der Waals surface area (Å²) in [5.74, 6) is 0.274. The van der Waals surface area contributed by atoms with Gasteiger partial charge in [-0.15, -0.1) is 0 Å². The van der Waals surface area contributed by atoms with Gasteiger partial charge in [0.15, 0.2) is 0 Å². The molecule has 0 radical (unpaired) electrons. The maximum atomic E-state index is 13.1. The van der Waals surface area contributed by atoms with Crippen molar-refractivity contribution < 1.29 is 4.79 Å². The molecule has 1 amide bonds. The smallest absolute Gasteiger partial charge is 0.239 e. The molecule has 3 heterocycles. The highest BCUT2D eigenvalue weighted by Crippen LogP contribution is 2.17. The van der Waals surface area contributed by atoms with Gasteiger partial charge in [0.05, 0.1) is 11.7 Å². The molecule has 2 saturated heterocycles. The van der Waals surface area contributed by atoms with Gasteiger partial charge in [-0.2, -0.15) is 0 Å². The highest BCUT2D eigenvalue weighted by molar-refractivity contribution is 5.81. The minimum Gasteiger partial charge on any atom is -0.368 e. The number of nitrogens with zero attached hydrogens (tertiary/aromatic N) is 5. The molecule has 2 fully saturated rings. The van der Waals surface area contributed by atoms with E-state index in [2.05, 4.69) is 56.9 Å². The zero-order chi connectivity index (χ0) is 20.1. The van der Waals surface area contributed by atoms with E-state index in [1.54, 1.807) is 0 Å². The molecule has 0 saturated carbocycles.